The van der Waals surface area contributed by atoms with E-state index < -0.39 is 9.84 Å². The van der Waals surface area contributed by atoms with Gasteiger partial charge in [0.1, 0.15) is 0 Å². The average molecular weight is 191 g/mol. The van der Waals surface area contributed by atoms with Gasteiger partial charge >= 0.3 is 0 Å². The quantitative estimate of drug-likeness (QED) is 0.745. The van der Waals surface area contributed by atoms with Crippen molar-refractivity contribution in [3.63, 3.8) is 0 Å². The zero-order valence-electron chi connectivity index (χ0n) is 6.07. The summed E-state index contributed by atoms with van der Waals surface area (Å²) in [5.74, 6) is 0. The lowest BCUT2D eigenvalue weighted by molar-refractivity contribution is 0.601. The zero-order valence-corrected chi connectivity index (χ0v) is 7.71. The number of hydrogen-bond acceptors (Lipinski definition) is 4. The summed E-state index contributed by atoms with van der Waals surface area (Å²) >= 11 is 1.37. The molecule has 1 rings (SSSR count). The van der Waals surface area contributed by atoms with Crippen LogP contribution in [0.15, 0.2) is 16.3 Å². The molecule has 0 aliphatic rings. The fourth-order valence-electron chi connectivity index (χ4n) is 0.808. The van der Waals surface area contributed by atoms with Gasteiger partial charge in [-0.1, -0.05) is 0 Å². The van der Waals surface area contributed by atoms with Crippen LogP contribution in [0.3, 0.4) is 0 Å². The second-order valence-corrected chi connectivity index (χ2v) is 5.17. The van der Waals surface area contributed by atoms with Gasteiger partial charge in [-0.05, 0) is 11.4 Å². The third-order valence-corrected chi connectivity index (χ3v) is 3.54. The molecule has 0 aromatic carbocycles. The lowest BCUT2D eigenvalue weighted by Crippen LogP contribution is -2.02. The highest BCUT2D eigenvalue weighted by molar-refractivity contribution is 7.90. The first-order chi connectivity index (χ1) is 5.05. The summed E-state index contributed by atoms with van der Waals surface area (Å²) in [5, 5.41) is 1.73. The third-order valence-electron chi connectivity index (χ3n) is 1.29. The Kier molecular flexibility index (Phi) is 2.31. The first-order valence-corrected chi connectivity index (χ1v) is 5.79. The summed E-state index contributed by atoms with van der Waals surface area (Å²) in [6.07, 6.45) is 1.19. The van der Waals surface area contributed by atoms with E-state index >= 15 is 0 Å². The lowest BCUT2D eigenvalue weighted by Gasteiger charge is -1.96. The van der Waals surface area contributed by atoms with Gasteiger partial charge in [-0.2, -0.15) is 0 Å². The molecule has 1 aromatic rings. The second-order valence-electron chi connectivity index (χ2n) is 2.18. The van der Waals surface area contributed by atoms with Crippen LogP contribution in [0.5, 0.6) is 0 Å². The van der Waals surface area contributed by atoms with Gasteiger partial charge in [0.25, 0.3) is 0 Å². The van der Waals surface area contributed by atoms with Gasteiger partial charge in [-0.15, -0.1) is 11.3 Å². The summed E-state index contributed by atoms with van der Waals surface area (Å²) < 4.78 is 22.0. The minimum Gasteiger partial charge on any atom is -0.326 e. The lowest BCUT2D eigenvalue weighted by atomic mass is 10.5. The van der Waals surface area contributed by atoms with E-state index in [4.69, 9.17) is 5.73 Å². The molecule has 0 spiro atoms. The molecule has 0 amide bonds. The van der Waals surface area contributed by atoms with E-state index in [1.165, 1.54) is 17.6 Å². The zero-order chi connectivity index (χ0) is 8.48. The Hall–Kier alpha value is -0.390. The maximum Gasteiger partial charge on any atom is 0.176 e. The second kappa shape index (κ2) is 2.92. The van der Waals surface area contributed by atoms with Crippen molar-refractivity contribution in [1.82, 2.24) is 0 Å². The van der Waals surface area contributed by atoms with Crippen LogP contribution in [0.2, 0.25) is 0 Å². The molecule has 0 fully saturated rings. The van der Waals surface area contributed by atoms with Gasteiger partial charge in [-0.3, -0.25) is 0 Å². The Labute approximate surface area is 69.8 Å². The number of sulfone groups is 1. The monoisotopic (exact) mass is 191 g/mol. The molecule has 5 heteroatoms. The molecule has 3 nitrogen and oxygen atoms in total. The first-order valence-electron chi connectivity index (χ1n) is 3.02. The Morgan fingerprint density at radius 1 is 1.64 bits per heavy atom. The molecule has 62 valence electrons. The van der Waals surface area contributed by atoms with Crippen molar-refractivity contribution in [2.75, 3.05) is 6.26 Å². The fraction of sp³-hybridized carbons (Fsp3) is 0.333. The van der Waals surface area contributed by atoms with Crippen molar-refractivity contribution in [3.8, 4) is 0 Å². The summed E-state index contributed by atoms with van der Waals surface area (Å²) in [4.78, 5) is 1.09. The van der Waals surface area contributed by atoms with Crippen molar-refractivity contribution in [1.29, 1.82) is 0 Å². The van der Waals surface area contributed by atoms with Crippen LogP contribution in [0.25, 0.3) is 0 Å². The van der Waals surface area contributed by atoms with Gasteiger partial charge in [-0.25, -0.2) is 8.42 Å². The molecule has 11 heavy (non-hydrogen) atoms. The molecular formula is C6H9NO2S2. The molecule has 0 aliphatic heterocycles. The number of rotatable bonds is 2. The molecular weight excluding hydrogens is 182 g/mol. The standard InChI is InChI=1S/C6H9NO2S2/c1-11(8,9)6-2-3-10-5(6)4-7/h2-3H,4,7H2,1H3. The van der Waals surface area contributed by atoms with Crippen molar-refractivity contribution in [2.45, 2.75) is 11.4 Å². The summed E-state index contributed by atoms with van der Waals surface area (Å²) in [5.41, 5.74) is 5.34. The molecule has 0 saturated heterocycles. The highest BCUT2D eigenvalue weighted by atomic mass is 32.2. The van der Waals surface area contributed by atoms with E-state index in [-0.39, 0.29) is 0 Å². The van der Waals surface area contributed by atoms with Crippen molar-refractivity contribution in [3.05, 3.63) is 16.3 Å². The molecule has 0 unspecified atom stereocenters. The maximum atomic E-state index is 11.0. The number of nitrogens with two attached hydrogens (primary N) is 1. The van der Waals surface area contributed by atoms with Gasteiger partial charge in [0.05, 0.1) is 4.90 Å². The summed E-state index contributed by atoms with van der Waals surface area (Å²) in [6.45, 7) is 0.292. The number of hydrogen-bond donors (Lipinski definition) is 1. The number of thiophene rings is 1. The smallest absolute Gasteiger partial charge is 0.176 e. The van der Waals surface area contributed by atoms with Crippen molar-refractivity contribution < 1.29 is 8.42 Å². The predicted molar refractivity (Wildman–Crippen MR) is 45.3 cm³/mol. The Bertz CT molecular complexity index is 339. The fourth-order valence-corrected chi connectivity index (χ4v) is 2.95. The minimum atomic E-state index is -3.07. The first kappa shape index (κ1) is 8.70. The molecule has 0 aliphatic carbocycles. The van der Waals surface area contributed by atoms with Gasteiger partial charge in [0, 0.05) is 17.7 Å². The Morgan fingerprint density at radius 2 is 2.27 bits per heavy atom. The van der Waals surface area contributed by atoms with E-state index in [9.17, 15) is 8.42 Å². The van der Waals surface area contributed by atoms with Crippen LogP contribution in [0.4, 0.5) is 0 Å². The van der Waals surface area contributed by atoms with Crippen LogP contribution >= 0.6 is 11.3 Å². The van der Waals surface area contributed by atoms with Gasteiger partial charge < -0.3 is 5.73 Å². The van der Waals surface area contributed by atoms with E-state index in [1.807, 2.05) is 0 Å². The van der Waals surface area contributed by atoms with E-state index in [0.717, 1.165) is 4.88 Å². The minimum absolute atomic E-state index is 0.292. The summed E-state index contributed by atoms with van der Waals surface area (Å²) in [6, 6.07) is 1.59. The van der Waals surface area contributed by atoms with E-state index in [1.54, 1.807) is 11.4 Å². The molecule has 1 aromatic heterocycles. The van der Waals surface area contributed by atoms with E-state index in [2.05, 4.69) is 0 Å². The van der Waals surface area contributed by atoms with Crippen LogP contribution < -0.4 is 5.73 Å². The van der Waals surface area contributed by atoms with E-state index in [0.29, 0.717) is 11.4 Å². The molecule has 2 N–H and O–H groups in total. The van der Waals surface area contributed by atoms with Crippen LogP contribution in [0, 0.1) is 0 Å². The average Bonchev–Trinajstić information content (AvgIpc) is 2.31. The Morgan fingerprint density at radius 3 is 2.64 bits per heavy atom. The van der Waals surface area contributed by atoms with Crippen LogP contribution in [-0.2, 0) is 16.4 Å². The van der Waals surface area contributed by atoms with Crippen LogP contribution in [-0.4, -0.2) is 14.7 Å². The molecule has 0 atom stereocenters. The highest BCUT2D eigenvalue weighted by Gasteiger charge is 2.12. The molecule has 0 saturated carbocycles. The summed E-state index contributed by atoms with van der Waals surface area (Å²) in [7, 11) is -3.07. The third kappa shape index (κ3) is 1.79. The van der Waals surface area contributed by atoms with Gasteiger partial charge in [0.2, 0.25) is 0 Å². The normalized spacial score (nSPS) is 11.8. The molecule has 1 heterocycles. The van der Waals surface area contributed by atoms with Crippen molar-refractivity contribution >= 4 is 21.2 Å². The highest BCUT2D eigenvalue weighted by Crippen LogP contribution is 2.20. The molecule has 0 bridgehead atoms. The molecule has 0 radical (unpaired) electrons. The van der Waals surface area contributed by atoms with Crippen LogP contribution in [0.1, 0.15) is 4.88 Å². The largest absolute Gasteiger partial charge is 0.326 e. The topological polar surface area (TPSA) is 60.2 Å². The predicted octanol–water partition coefficient (Wildman–Crippen LogP) is 0.610. The maximum absolute atomic E-state index is 11.0. The Balaban J connectivity index is 3.24. The van der Waals surface area contributed by atoms with Gasteiger partial charge in [0.15, 0.2) is 9.84 Å². The SMILES string of the molecule is CS(=O)(=O)c1ccsc1CN. The van der Waals surface area contributed by atoms with Crippen molar-refractivity contribution in [2.24, 2.45) is 5.73 Å².